The smallest absolute Gasteiger partial charge is 0.234 e. The topological polar surface area (TPSA) is 24.8 Å². The van der Waals surface area contributed by atoms with Gasteiger partial charge in [0, 0.05) is 5.56 Å². The summed E-state index contributed by atoms with van der Waals surface area (Å²) in [7, 11) is 0. The number of quaternary nitrogens is 1. The van der Waals surface area contributed by atoms with E-state index < -0.39 is 0 Å². The Labute approximate surface area is 129 Å². The summed E-state index contributed by atoms with van der Waals surface area (Å²) < 4.78 is 14.0. The van der Waals surface area contributed by atoms with Crippen LogP contribution in [-0.4, -0.2) is 42.7 Å². The van der Waals surface area contributed by atoms with Crippen molar-refractivity contribution in [2.24, 2.45) is 0 Å². The first-order valence-corrected chi connectivity index (χ1v) is 8.79. The zero-order valence-electron chi connectivity index (χ0n) is 12.2. The Morgan fingerprint density at radius 3 is 2.76 bits per heavy atom. The van der Waals surface area contributed by atoms with Gasteiger partial charge in [0.1, 0.15) is 11.2 Å². The third-order valence-corrected chi connectivity index (χ3v) is 5.64. The highest BCUT2D eigenvalue weighted by atomic mass is 32.2. The lowest BCUT2D eigenvalue weighted by atomic mass is 10.1. The number of carbonyl (C=O) groups is 1. The number of benzene rings is 1. The van der Waals surface area contributed by atoms with Gasteiger partial charge in [-0.3, -0.25) is 4.79 Å². The van der Waals surface area contributed by atoms with E-state index in [0.29, 0.717) is 11.3 Å². The largest absolute Gasteiger partial charge is 0.333 e. The number of carbonyl (C=O) groups excluding carboxylic acids is 1. The van der Waals surface area contributed by atoms with Crippen LogP contribution in [0.15, 0.2) is 24.3 Å². The third-order valence-electron chi connectivity index (χ3n) is 4.41. The molecule has 2 fully saturated rings. The van der Waals surface area contributed by atoms with Crippen molar-refractivity contribution in [1.29, 1.82) is 0 Å². The normalized spacial score (nSPS) is 23.8. The molecule has 2 aliphatic heterocycles. The van der Waals surface area contributed by atoms with E-state index in [1.54, 1.807) is 17.0 Å². The fraction of sp³-hybridized carbons (Fsp3) is 0.562. The van der Waals surface area contributed by atoms with Gasteiger partial charge in [0.25, 0.3) is 0 Å². The number of nitrogens with one attached hydrogen (secondary N) is 1. The maximum absolute atomic E-state index is 14.0. The zero-order valence-corrected chi connectivity index (χ0v) is 13.0. The number of hydrogen-bond donors (Lipinski definition) is 1. The number of nitrogens with zero attached hydrogens (tertiary/aromatic N) is 1. The summed E-state index contributed by atoms with van der Waals surface area (Å²) in [4.78, 5) is 15.6. The Hall–Kier alpha value is -1.07. The molecule has 3 rings (SSSR count). The third kappa shape index (κ3) is 3.40. The molecule has 1 unspecified atom stereocenters. The van der Waals surface area contributed by atoms with Gasteiger partial charge >= 0.3 is 0 Å². The summed E-state index contributed by atoms with van der Waals surface area (Å²) in [6.45, 7) is 4.14. The maximum Gasteiger partial charge on any atom is 0.234 e. The minimum atomic E-state index is -0.208. The summed E-state index contributed by atoms with van der Waals surface area (Å²) in [6, 6.07) is 6.82. The van der Waals surface area contributed by atoms with Crippen molar-refractivity contribution in [2.75, 3.05) is 31.9 Å². The van der Waals surface area contributed by atoms with Crippen LogP contribution in [0.1, 0.15) is 30.2 Å². The first kappa shape index (κ1) is 14.9. The van der Waals surface area contributed by atoms with Crippen molar-refractivity contribution >= 4 is 17.7 Å². The highest BCUT2D eigenvalue weighted by molar-refractivity contribution is 8.00. The summed E-state index contributed by atoms with van der Waals surface area (Å²) >= 11 is 1.54. The molecule has 2 saturated heterocycles. The van der Waals surface area contributed by atoms with Crippen molar-refractivity contribution in [2.45, 2.75) is 24.6 Å². The highest BCUT2D eigenvalue weighted by Gasteiger charge is 2.34. The molecule has 2 aliphatic rings. The molecule has 5 heteroatoms. The Bertz CT molecular complexity index is 505. The quantitative estimate of drug-likeness (QED) is 0.911. The first-order valence-electron chi connectivity index (χ1n) is 7.75. The minimum absolute atomic E-state index is 0.143. The summed E-state index contributed by atoms with van der Waals surface area (Å²) in [6.07, 6.45) is 3.91. The van der Waals surface area contributed by atoms with Crippen molar-refractivity contribution in [1.82, 2.24) is 4.90 Å². The van der Waals surface area contributed by atoms with Gasteiger partial charge in [-0.2, -0.15) is 0 Å². The Kier molecular flexibility index (Phi) is 4.80. The van der Waals surface area contributed by atoms with Crippen LogP contribution in [0.5, 0.6) is 0 Å². The van der Waals surface area contributed by atoms with Crippen LogP contribution < -0.4 is 4.90 Å². The van der Waals surface area contributed by atoms with Crippen molar-refractivity contribution in [3.05, 3.63) is 35.6 Å². The molecule has 1 aromatic rings. The SMILES string of the molecule is O=C1CSC(c2ccccc2F)N1CC[NH+]1CCCCC1. The van der Waals surface area contributed by atoms with Gasteiger partial charge in [0.15, 0.2) is 0 Å². The lowest BCUT2D eigenvalue weighted by Crippen LogP contribution is -3.13. The molecule has 0 saturated carbocycles. The second-order valence-electron chi connectivity index (χ2n) is 5.83. The average molecular weight is 309 g/mol. The molecule has 0 bridgehead atoms. The van der Waals surface area contributed by atoms with Crippen LogP contribution in [0.2, 0.25) is 0 Å². The van der Waals surface area contributed by atoms with Crippen molar-refractivity contribution < 1.29 is 14.1 Å². The molecule has 0 spiro atoms. The van der Waals surface area contributed by atoms with E-state index in [9.17, 15) is 9.18 Å². The molecule has 1 aromatic carbocycles. The number of rotatable bonds is 4. The van der Waals surface area contributed by atoms with Gasteiger partial charge in [-0.1, -0.05) is 18.2 Å². The van der Waals surface area contributed by atoms with E-state index in [0.717, 1.165) is 13.1 Å². The fourth-order valence-corrected chi connectivity index (χ4v) is 4.45. The summed E-state index contributed by atoms with van der Waals surface area (Å²) in [5, 5.41) is -0.150. The van der Waals surface area contributed by atoms with E-state index in [-0.39, 0.29) is 17.1 Å². The molecule has 114 valence electrons. The van der Waals surface area contributed by atoms with E-state index in [2.05, 4.69) is 0 Å². The molecular formula is C16H22FN2OS+. The number of amides is 1. The zero-order chi connectivity index (χ0) is 14.7. The number of hydrogen-bond acceptors (Lipinski definition) is 2. The van der Waals surface area contributed by atoms with Crippen LogP contribution in [0.25, 0.3) is 0 Å². The maximum atomic E-state index is 14.0. The van der Waals surface area contributed by atoms with Crippen LogP contribution >= 0.6 is 11.8 Å². The Morgan fingerprint density at radius 2 is 2.00 bits per heavy atom. The predicted octanol–water partition coefficient (Wildman–Crippen LogP) is 1.47. The number of halogens is 1. The standard InChI is InChI=1S/C16H21FN2OS/c17-14-7-3-2-6-13(14)16-19(15(20)12-21-16)11-10-18-8-4-1-5-9-18/h2-3,6-7,16H,1,4-5,8-12H2/p+1. The molecular weight excluding hydrogens is 287 g/mol. The molecule has 1 N–H and O–H groups in total. The lowest BCUT2D eigenvalue weighted by molar-refractivity contribution is -0.904. The Balaban J connectivity index is 1.66. The summed E-state index contributed by atoms with van der Waals surface area (Å²) in [5.74, 6) is 0.401. The number of thioether (sulfide) groups is 1. The molecule has 21 heavy (non-hydrogen) atoms. The van der Waals surface area contributed by atoms with Crippen LogP contribution in [0, 0.1) is 5.82 Å². The van der Waals surface area contributed by atoms with Crippen molar-refractivity contribution in [3.8, 4) is 0 Å². The van der Waals surface area contributed by atoms with E-state index >= 15 is 0 Å². The van der Waals surface area contributed by atoms with Crippen LogP contribution in [0.3, 0.4) is 0 Å². The monoisotopic (exact) mass is 309 g/mol. The Morgan fingerprint density at radius 1 is 1.24 bits per heavy atom. The molecule has 0 aliphatic carbocycles. The van der Waals surface area contributed by atoms with Gasteiger partial charge in [0.05, 0.1) is 31.9 Å². The molecule has 1 amide bonds. The predicted molar refractivity (Wildman–Crippen MR) is 82.7 cm³/mol. The average Bonchev–Trinajstić information content (AvgIpc) is 2.88. The van der Waals surface area contributed by atoms with E-state index in [1.807, 2.05) is 11.0 Å². The van der Waals surface area contributed by atoms with E-state index in [4.69, 9.17) is 0 Å². The van der Waals surface area contributed by atoms with Gasteiger partial charge in [-0.15, -0.1) is 11.8 Å². The highest BCUT2D eigenvalue weighted by Crippen LogP contribution is 2.39. The number of piperidine rings is 1. The molecule has 2 heterocycles. The van der Waals surface area contributed by atoms with E-state index in [1.165, 1.54) is 50.2 Å². The van der Waals surface area contributed by atoms with Crippen molar-refractivity contribution in [3.63, 3.8) is 0 Å². The number of likely N-dealkylation sites (tertiary alicyclic amines) is 1. The minimum Gasteiger partial charge on any atom is -0.333 e. The van der Waals surface area contributed by atoms with Crippen LogP contribution in [-0.2, 0) is 4.79 Å². The molecule has 0 aromatic heterocycles. The van der Waals surface area contributed by atoms with Crippen LogP contribution in [0.4, 0.5) is 4.39 Å². The van der Waals surface area contributed by atoms with Gasteiger partial charge in [-0.25, -0.2) is 4.39 Å². The first-order chi connectivity index (χ1) is 10.3. The molecule has 3 nitrogen and oxygen atoms in total. The van der Waals surface area contributed by atoms with Gasteiger partial charge < -0.3 is 9.80 Å². The summed E-state index contributed by atoms with van der Waals surface area (Å²) in [5.41, 5.74) is 0.641. The molecule has 1 atom stereocenters. The molecule has 0 radical (unpaired) electrons. The van der Waals surface area contributed by atoms with Gasteiger partial charge in [-0.05, 0) is 25.3 Å². The lowest BCUT2D eigenvalue weighted by Gasteiger charge is -2.28. The second-order valence-corrected chi connectivity index (χ2v) is 6.90. The van der Waals surface area contributed by atoms with Gasteiger partial charge in [0.2, 0.25) is 5.91 Å². The second kappa shape index (κ2) is 6.79. The fourth-order valence-electron chi connectivity index (χ4n) is 3.21.